The third-order valence-corrected chi connectivity index (χ3v) is 4.47. The highest BCUT2D eigenvalue weighted by molar-refractivity contribution is 6.13. The Hall–Kier alpha value is -4.50. The number of allylic oxidation sites excluding steroid dienone is 1. The van der Waals surface area contributed by atoms with Gasteiger partial charge < -0.3 is 5.11 Å². The molecule has 0 amide bonds. The lowest BCUT2D eigenvalue weighted by molar-refractivity contribution is 0.102. The van der Waals surface area contributed by atoms with E-state index in [1.165, 1.54) is 0 Å². The molecule has 0 fully saturated rings. The average Bonchev–Trinajstić information content (AvgIpc) is 3.27. The Labute approximate surface area is 173 Å². The number of benzene rings is 3. The second-order valence-electron chi connectivity index (χ2n) is 6.40. The summed E-state index contributed by atoms with van der Waals surface area (Å²) < 4.78 is 1.55. The second kappa shape index (κ2) is 8.25. The highest BCUT2D eigenvalue weighted by atomic mass is 16.3. The van der Waals surface area contributed by atoms with Gasteiger partial charge in [0.2, 0.25) is 11.6 Å². The van der Waals surface area contributed by atoms with Crippen molar-refractivity contribution in [2.45, 2.75) is 0 Å². The molecule has 0 spiro atoms. The smallest absolute Gasteiger partial charge is 0.246 e. The van der Waals surface area contributed by atoms with Crippen LogP contribution in [0.2, 0.25) is 0 Å². The number of carbonyl (C=O) groups excluding carboxylic acids is 1. The number of ketones is 1. The summed E-state index contributed by atoms with van der Waals surface area (Å²) in [5.74, 6) is -0.857. The molecule has 0 atom stereocenters. The van der Waals surface area contributed by atoms with E-state index in [9.17, 15) is 15.2 Å². The minimum atomic E-state index is -0.745. The van der Waals surface area contributed by atoms with Gasteiger partial charge in [-0.25, -0.2) is 9.67 Å². The predicted octanol–water partition coefficient (Wildman–Crippen LogP) is 4.61. The standard InChI is InChI=1S/C24H16N4O2/c25-16-20(21(29)17-10-4-1-5-11-17)22(30)23-26-24(18-12-6-2-7-13-18)28(27-23)19-14-8-3-9-15-19/h1-15,29H/b21-20-. The summed E-state index contributed by atoms with van der Waals surface area (Å²) in [4.78, 5) is 17.4. The van der Waals surface area contributed by atoms with Gasteiger partial charge in [0.05, 0.1) is 5.69 Å². The highest BCUT2D eigenvalue weighted by Gasteiger charge is 2.25. The molecule has 4 aromatic rings. The number of carbonyl (C=O) groups is 1. The third kappa shape index (κ3) is 3.60. The molecule has 0 unspecified atom stereocenters. The van der Waals surface area contributed by atoms with E-state index in [2.05, 4.69) is 10.1 Å². The van der Waals surface area contributed by atoms with Gasteiger partial charge in [-0.1, -0.05) is 78.9 Å². The molecule has 4 rings (SSSR count). The minimum absolute atomic E-state index is 0.170. The van der Waals surface area contributed by atoms with E-state index in [0.29, 0.717) is 11.4 Å². The number of rotatable bonds is 5. The first-order chi connectivity index (χ1) is 14.7. The minimum Gasteiger partial charge on any atom is -0.506 e. The maximum atomic E-state index is 13.0. The predicted molar refractivity (Wildman–Crippen MR) is 113 cm³/mol. The van der Waals surface area contributed by atoms with E-state index < -0.39 is 17.1 Å². The zero-order valence-corrected chi connectivity index (χ0v) is 15.8. The molecule has 3 aromatic carbocycles. The van der Waals surface area contributed by atoms with E-state index in [-0.39, 0.29) is 5.82 Å². The van der Waals surface area contributed by atoms with E-state index >= 15 is 0 Å². The molecular formula is C24H16N4O2. The Morgan fingerprint density at radius 2 is 1.43 bits per heavy atom. The molecule has 0 aliphatic rings. The van der Waals surface area contributed by atoms with Crippen molar-refractivity contribution in [2.24, 2.45) is 0 Å². The molecule has 6 heteroatoms. The lowest BCUT2D eigenvalue weighted by atomic mass is 10.1. The SMILES string of the molecule is N#C/C(C(=O)c1nc(-c2ccccc2)n(-c2ccccc2)n1)=C(/O)c1ccccc1. The fourth-order valence-corrected chi connectivity index (χ4v) is 2.99. The molecule has 144 valence electrons. The fourth-order valence-electron chi connectivity index (χ4n) is 2.99. The Morgan fingerprint density at radius 1 is 0.867 bits per heavy atom. The fraction of sp³-hybridized carbons (Fsp3) is 0. The largest absolute Gasteiger partial charge is 0.506 e. The molecule has 0 aliphatic carbocycles. The van der Waals surface area contributed by atoms with Crippen molar-refractivity contribution in [3.05, 3.63) is 108 Å². The van der Waals surface area contributed by atoms with Crippen LogP contribution in [0, 0.1) is 11.3 Å². The first-order valence-electron chi connectivity index (χ1n) is 9.20. The highest BCUT2D eigenvalue weighted by Crippen LogP contribution is 2.23. The van der Waals surface area contributed by atoms with Crippen LogP contribution in [0.25, 0.3) is 22.8 Å². The van der Waals surface area contributed by atoms with Crippen LogP contribution < -0.4 is 0 Å². The average molecular weight is 392 g/mol. The van der Waals surface area contributed by atoms with Gasteiger partial charge in [0.15, 0.2) is 5.82 Å². The molecule has 0 radical (unpaired) electrons. The Morgan fingerprint density at radius 3 is 2.03 bits per heavy atom. The molecule has 30 heavy (non-hydrogen) atoms. The molecule has 0 saturated heterocycles. The number of hydrogen-bond acceptors (Lipinski definition) is 5. The number of Topliss-reactive ketones (excluding diaryl/α,β-unsaturated/α-hetero) is 1. The summed E-state index contributed by atoms with van der Waals surface area (Å²) in [6, 6.07) is 28.8. The van der Waals surface area contributed by atoms with Crippen LogP contribution in [0.15, 0.2) is 96.6 Å². The summed E-state index contributed by atoms with van der Waals surface area (Å²) in [5, 5.41) is 24.4. The number of nitriles is 1. The molecule has 0 aliphatic heterocycles. The number of aromatic nitrogens is 3. The van der Waals surface area contributed by atoms with Gasteiger partial charge in [-0.3, -0.25) is 4.79 Å². The van der Waals surface area contributed by atoms with Gasteiger partial charge >= 0.3 is 0 Å². The van der Waals surface area contributed by atoms with Gasteiger partial charge in [-0.2, -0.15) is 5.26 Å². The number of aliphatic hydroxyl groups is 1. The van der Waals surface area contributed by atoms with E-state index in [1.807, 2.05) is 60.7 Å². The van der Waals surface area contributed by atoms with Crippen molar-refractivity contribution < 1.29 is 9.90 Å². The maximum absolute atomic E-state index is 13.0. The van der Waals surface area contributed by atoms with Gasteiger partial charge in [-0.15, -0.1) is 5.10 Å². The van der Waals surface area contributed by atoms with Gasteiger partial charge in [0.1, 0.15) is 17.4 Å². The monoisotopic (exact) mass is 392 g/mol. The van der Waals surface area contributed by atoms with Crippen molar-refractivity contribution in [3.63, 3.8) is 0 Å². The van der Waals surface area contributed by atoms with Crippen LogP contribution in [-0.4, -0.2) is 25.7 Å². The van der Waals surface area contributed by atoms with Crippen LogP contribution in [0.4, 0.5) is 0 Å². The summed E-state index contributed by atoms with van der Waals surface area (Å²) in [7, 11) is 0. The summed E-state index contributed by atoms with van der Waals surface area (Å²) >= 11 is 0. The molecule has 1 aromatic heterocycles. The van der Waals surface area contributed by atoms with Crippen LogP contribution in [-0.2, 0) is 0 Å². The van der Waals surface area contributed by atoms with Gasteiger partial charge in [-0.05, 0) is 12.1 Å². The first kappa shape index (κ1) is 18.8. The van der Waals surface area contributed by atoms with Crippen LogP contribution >= 0.6 is 0 Å². The molecule has 0 bridgehead atoms. The van der Waals surface area contributed by atoms with Crippen molar-refractivity contribution >= 4 is 11.5 Å². The number of nitrogens with zero attached hydrogens (tertiary/aromatic N) is 4. The van der Waals surface area contributed by atoms with Crippen molar-refractivity contribution in [1.82, 2.24) is 14.8 Å². The van der Waals surface area contributed by atoms with Crippen LogP contribution in [0.1, 0.15) is 16.2 Å². The quantitative estimate of drug-likeness (QED) is 0.232. The third-order valence-electron chi connectivity index (χ3n) is 4.47. The van der Waals surface area contributed by atoms with E-state index in [4.69, 9.17) is 0 Å². The normalized spacial score (nSPS) is 11.4. The Bertz CT molecular complexity index is 1200. The lowest BCUT2D eigenvalue weighted by Crippen LogP contribution is -2.08. The number of aliphatic hydroxyl groups excluding tert-OH is 1. The molecule has 6 nitrogen and oxygen atoms in total. The zero-order chi connectivity index (χ0) is 20.9. The van der Waals surface area contributed by atoms with Crippen molar-refractivity contribution in [1.29, 1.82) is 5.26 Å². The lowest BCUT2D eigenvalue weighted by Gasteiger charge is -2.05. The van der Waals surface area contributed by atoms with Crippen molar-refractivity contribution in [3.8, 4) is 23.1 Å². The molecule has 0 saturated carbocycles. The topological polar surface area (TPSA) is 91.8 Å². The first-order valence-corrected chi connectivity index (χ1v) is 9.20. The van der Waals surface area contributed by atoms with Crippen molar-refractivity contribution in [2.75, 3.05) is 0 Å². The molecule has 1 heterocycles. The van der Waals surface area contributed by atoms with E-state index in [1.54, 1.807) is 41.1 Å². The van der Waals surface area contributed by atoms with Gasteiger partial charge in [0.25, 0.3) is 0 Å². The summed E-state index contributed by atoms with van der Waals surface area (Å²) in [5.41, 5.74) is 1.44. The molecular weight excluding hydrogens is 376 g/mol. The van der Waals surface area contributed by atoms with E-state index in [0.717, 1.165) is 11.3 Å². The molecule has 1 N–H and O–H groups in total. The second-order valence-corrected chi connectivity index (χ2v) is 6.40. The van der Waals surface area contributed by atoms with Gasteiger partial charge in [0, 0.05) is 11.1 Å². The zero-order valence-electron chi connectivity index (χ0n) is 15.8. The Balaban J connectivity index is 1.85. The Kier molecular flexibility index (Phi) is 5.18. The number of hydrogen-bond donors (Lipinski definition) is 1. The number of para-hydroxylation sites is 1. The van der Waals surface area contributed by atoms with Crippen LogP contribution in [0.5, 0.6) is 0 Å². The summed E-state index contributed by atoms with van der Waals surface area (Å²) in [6.45, 7) is 0. The summed E-state index contributed by atoms with van der Waals surface area (Å²) in [6.07, 6.45) is 0. The maximum Gasteiger partial charge on any atom is 0.246 e. The van der Waals surface area contributed by atoms with Crippen LogP contribution in [0.3, 0.4) is 0 Å².